The van der Waals surface area contributed by atoms with Gasteiger partial charge in [-0.1, -0.05) is 30.4 Å². The Balaban J connectivity index is 2.24. The Kier molecular flexibility index (Phi) is 3.98. The van der Waals surface area contributed by atoms with Crippen LogP contribution in [0.3, 0.4) is 0 Å². The zero-order valence-corrected chi connectivity index (χ0v) is 10.9. The highest BCUT2D eigenvalue weighted by atomic mass is 32.1. The van der Waals surface area contributed by atoms with Crippen molar-refractivity contribution in [2.45, 2.75) is 13.3 Å². The number of ether oxygens (including phenoxy) is 1. The fourth-order valence-corrected chi connectivity index (χ4v) is 2.43. The number of hydrogen-bond acceptors (Lipinski definition) is 4. The fourth-order valence-electron chi connectivity index (χ4n) is 1.56. The normalized spacial score (nSPS) is 10.2. The highest BCUT2D eigenvalue weighted by molar-refractivity contribution is 7.18. The topological polar surface area (TPSA) is 34.2 Å². The van der Waals surface area contributed by atoms with Gasteiger partial charge in [0, 0.05) is 18.3 Å². The van der Waals surface area contributed by atoms with E-state index in [1.54, 1.807) is 18.4 Å². The van der Waals surface area contributed by atoms with E-state index in [-0.39, 0.29) is 0 Å². The summed E-state index contributed by atoms with van der Waals surface area (Å²) >= 11 is 1.65. The molecule has 1 N–H and O–H groups in total. The summed E-state index contributed by atoms with van der Waals surface area (Å²) in [4.78, 5) is 5.48. The average molecular weight is 248 g/mol. The van der Waals surface area contributed by atoms with E-state index in [9.17, 15) is 0 Å². The van der Waals surface area contributed by atoms with Crippen LogP contribution in [0.2, 0.25) is 0 Å². The first-order valence-electron chi connectivity index (χ1n) is 5.68. The van der Waals surface area contributed by atoms with Crippen molar-refractivity contribution in [3.8, 4) is 16.2 Å². The fraction of sp³-hybridized carbons (Fsp3) is 0.308. The Morgan fingerprint density at radius 1 is 1.35 bits per heavy atom. The van der Waals surface area contributed by atoms with Gasteiger partial charge in [0.05, 0.1) is 12.0 Å². The number of methoxy groups -OCH3 is 1. The van der Waals surface area contributed by atoms with Crippen LogP contribution in [-0.2, 0) is 0 Å². The summed E-state index contributed by atoms with van der Waals surface area (Å²) in [7, 11) is 1.69. The molecule has 0 saturated heterocycles. The second kappa shape index (κ2) is 5.68. The van der Waals surface area contributed by atoms with Crippen LogP contribution in [0.1, 0.15) is 13.3 Å². The summed E-state index contributed by atoms with van der Waals surface area (Å²) in [5.41, 5.74) is 1.09. The van der Waals surface area contributed by atoms with E-state index in [0.29, 0.717) is 0 Å². The number of anilines is 1. The van der Waals surface area contributed by atoms with E-state index in [2.05, 4.69) is 23.3 Å². The Bertz CT molecular complexity index is 482. The average Bonchev–Trinajstić information content (AvgIpc) is 2.85. The van der Waals surface area contributed by atoms with Gasteiger partial charge in [-0.05, 0) is 18.6 Å². The molecule has 1 heterocycles. The van der Waals surface area contributed by atoms with E-state index in [0.717, 1.165) is 34.3 Å². The van der Waals surface area contributed by atoms with Crippen LogP contribution in [-0.4, -0.2) is 18.6 Å². The van der Waals surface area contributed by atoms with Gasteiger partial charge in [-0.3, -0.25) is 0 Å². The summed E-state index contributed by atoms with van der Waals surface area (Å²) in [5.74, 6) is 0.887. The molecular formula is C13H16N2OS. The van der Waals surface area contributed by atoms with E-state index in [1.165, 1.54) is 0 Å². The zero-order chi connectivity index (χ0) is 12.1. The lowest BCUT2D eigenvalue weighted by Gasteiger charge is -2.04. The van der Waals surface area contributed by atoms with Crippen molar-refractivity contribution in [1.29, 1.82) is 0 Å². The van der Waals surface area contributed by atoms with Gasteiger partial charge >= 0.3 is 0 Å². The molecule has 0 aliphatic rings. The standard InChI is InChI=1S/C13H16N2OS/c1-3-8-14-13-15-9-12(17-13)10-6-4-5-7-11(10)16-2/h4-7,9H,3,8H2,1-2H3,(H,14,15). The molecule has 4 heteroatoms. The summed E-state index contributed by atoms with van der Waals surface area (Å²) in [6.45, 7) is 3.10. The maximum Gasteiger partial charge on any atom is 0.183 e. The third-order valence-corrected chi connectivity index (χ3v) is 3.39. The van der Waals surface area contributed by atoms with Crippen LogP contribution in [0.25, 0.3) is 10.4 Å². The van der Waals surface area contributed by atoms with Gasteiger partial charge in [-0.25, -0.2) is 4.98 Å². The molecule has 0 amide bonds. The van der Waals surface area contributed by atoms with Crippen LogP contribution in [0, 0.1) is 0 Å². The Hall–Kier alpha value is -1.55. The van der Waals surface area contributed by atoms with Crippen LogP contribution in [0.5, 0.6) is 5.75 Å². The Labute approximate surface area is 105 Å². The van der Waals surface area contributed by atoms with E-state index in [4.69, 9.17) is 4.74 Å². The van der Waals surface area contributed by atoms with Crippen molar-refractivity contribution in [2.24, 2.45) is 0 Å². The second-order valence-electron chi connectivity index (χ2n) is 3.66. The van der Waals surface area contributed by atoms with E-state index in [1.807, 2.05) is 24.4 Å². The summed E-state index contributed by atoms with van der Waals surface area (Å²) < 4.78 is 5.35. The van der Waals surface area contributed by atoms with Crippen LogP contribution < -0.4 is 10.1 Å². The number of rotatable bonds is 5. The molecule has 2 aromatic rings. The third kappa shape index (κ3) is 2.77. The molecule has 90 valence electrons. The van der Waals surface area contributed by atoms with Crippen molar-refractivity contribution >= 4 is 16.5 Å². The van der Waals surface area contributed by atoms with Crippen molar-refractivity contribution in [1.82, 2.24) is 4.98 Å². The molecule has 0 radical (unpaired) electrons. The molecular weight excluding hydrogens is 232 g/mol. The first kappa shape index (κ1) is 11.9. The Morgan fingerprint density at radius 2 is 2.18 bits per heavy atom. The molecule has 0 fully saturated rings. The second-order valence-corrected chi connectivity index (χ2v) is 4.69. The van der Waals surface area contributed by atoms with Crippen LogP contribution in [0.4, 0.5) is 5.13 Å². The molecule has 0 saturated carbocycles. The molecule has 0 aliphatic heterocycles. The lowest BCUT2D eigenvalue weighted by Crippen LogP contribution is -1.97. The molecule has 2 rings (SSSR count). The smallest absolute Gasteiger partial charge is 0.183 e. The zero-order valence-electron chi connectivity index (χ0n) is 10.1. The highest BCUT2D eigenvalue weighted by Gasteiger charge is 2.08. The predicted molar refractivity (Wildman–Crippen MR) is 72.9 cm³/mol. The third-order valence-electron chi connectivity index (χ3n) is 2.40. The number of benzene rings is 1. The van der Waals surface area contributed by atoms with Crippen molar-refractivity contribution < 1.29 is 4.74 Å². The predicted octanol–water partition coefficient (Wildman–Crippen LogP) is 3.64. The van der Waals surface area contributed by atoms with Crippen LogP contribution >= 0.6 is 11.3 Å². The number of nitrogens with zero attached hydrogens (tertiary/aromatic N) is 1. The number of hydrogen-bond donors (Lipinski definition) is 1. The van der Waals surface area contributed by atoms with Gasteiger partial charge in [0.2, 0.25) is 0 Å². The number of para-hydroxylation sites is 1. The molecule has 0 unspecified atom stereocenters. The largest absolute Gasteiger partial charge is 0.496 e. The minimum atomic E-state index is 0.887. The van der Waals surface area contributed by atoms with Gasteiger partial charge in [0.25, 0.3) is 0 Å². The van der Waals surface area contributed by atoms with Gasteiger partial charge < -0.3 is 10.1 Å². The molecule has 1 aromatic heterocycles. The van der Waals surface area contributed by atoms with Gasteiger partial charge in [-0.2, -0.15) is 0 Å². The molecule has 3 nitrogen and oxygen atoms in total. The number of nitrogens with one attached hydrogen (secondary N) is 1. The molecule has 17 heavy (non-hydrogen) atoms. The molecule has 1 aromatic carbocycles. The molecule has 0 bridgehead atoms. The van der Waals surface area contributed by atoms with Gasteiger partial charge in [0.1, 0.15) is 5.75 Å². The lowest BCUT2D eigenvalue weighted by atomic mass is 10.2. The Morgan fingerprint density at radius 3 is 2.94 bits per heavy atom. The first-order valence-corrected chi connectivity index (χ1v) is 6.50. The number of aromatic nitrogens is 1. The molecule has 0 aliphatic carbocycles. The first-order chi connectivity index (χ1) is 8.35. The number of thiazole rings is 1. The van der Waals surface area contributed by atoms with Crippen molar-refractivity contribution in [3.63, 3.8) is 0 Å². The maximum absolute atomic E-state index is 5.35. The van der Waals surface area contributed by atoms with E-state index < -0.39 is 0 Å². The highest BCUT2D eigenvalue weighted by Crippen LogP contribution is 2.34. The van der Waals surface area contributed by atoms with E-state index >= 15 is 0 Å². The van der Waals surface area contributed by atoms with Crippen molar-refractivity contribution in [2.75, 3.05) is 19.0 Å². The molecule has 0 spiro atoms. The van der Waals surface area contributed by atoms with Crippen molar-refractivity contribution in [3.05, 3.63) is 30.5 Å². The van der Waals surface area contributed by atoms with Gasteiger partial charge in [-0.15, -0.1) is 0 Å². The van der Waals surface area contributed by atoms with Gasteiger partial charge in [0.15, 0.2) is 5.13 Å². The summed E-state index contributed by atoms with van der Waals surface area (Å²) in [6.07, 6.45) is 2.99. The molecule has 0 atom stereocenters. The maximum atomic E-state index is 5.35. The SMILES string of the molecule is CCCNc1ncc(-c2ccccc2OC)s1. The summed E-state index contributed by atoms with van der Waals surface area (Å²) in [5, 5.41) is 4.25. The minimum absolute atomic E-state index is 0.887. The monoisotopic (exact) mass is 248 g/mol. The quantitative estimate of drug-likeness (QED) is 0.877. The minimum Gasteiger partial charge on any atom is -0.496 e. The lowest BCUT2D eigenvalue weighted by molar-refractivity contribution is 0.416. The summed E-state index contributed by atoms with van der Waals surface area (Å²) in [6, 6.07) is 8.00. The van der Waals surface area contributed by atoms with Crippen LogP contribution in [0.15, 0.2) is 30.5 Å².